The van der Waals surface area contributed by atoms with Crippen LogP contribution >= 0.6 is 0 Å². The first-order valence-corrected chi connectivity index (χ1v) is 8.79. The minimum absolute atomic E-state index is 0.0290. The maximum Gasteiger partial charge on any atom is 0.274 e. The molecule has 0 atom stereocenters. The molecule has 0 aliphatic carbocycles. The van der Waals surface area contributed by atoms with Gasteiger partial charge in [-0.25, -0.2) is 9.97 Å². The van der Waals surface area contributed by atoms with Gasteiger partial charge in [-0.3, -0.25) is 9.59 Å². The smallest absolute Gasteiger partial charge is 0.274 e. The van der Waals surface area contributed by atoms with Gasteiger partial charge in [-0.15, -0.1) is 0 Å². The van der Waals surface area contributed by atoms with Gasteiger partial charge in [0.2, 0.25) is 0 Å². The van der Waals surface area contributed by atoms with Gasteiger partial charge in [0.1, 0.15) is 23.6 Å². The van der Waals surface area contributed by atoms with Crippen LogP contribution in [0.15, 0.2) is 60.9 Å². The molecule has 3 aromatic rings. The number of nitrogens with one attached hydrogen (secondary N) is 2. The van der Waals surface area contributed by atoms with E-state index in [4.69, 9.17) is 4.74 Å². The monoisotopic (exact) mass is 376 g/mol. The fraction of sp³-hybridized carbons (Fsp3) is 0.143. The first-order chi connectivity index (χ1) is 13.5. The van der Waals surface area contributed by atoms with Crippen LogP contribution < -0.4 is 15.4 Å². The zero-order valence-corrected chi connectivity index (χ0v) is 15.6. The van der Waals surface area contributed by atoms with Gasteiger partial charge >= 0.3 is 0 Å². The fourth-order valence-electron chi connectivity index (χ4n) is 2.48. The molecule has 1 amide bonds. The number of Topliss-reactive ketones (excluding diaryl/α,β-unsaturated/α-hetero) is 1. The number of ketones is 1. The highest BCUT2D eigenvalue weighted by Gasteiger charge is 2.10. The molecular formula is C21H20N4O3. The molecule has 0 saturated carbocycles. The number of carbonyl (C=O) groups is 2. The van der Waals surface area contributed by atoms with Crippen LogP contribution in [-0.4, -0.2) is 28.3 Å². The van der Waals surface area contributed by atoms with E-state index in [1.165, 1.54) is 13.3 Å². The Morgan fingerprint density at radius 1 is 0.964 bits per heavy atom. The molecule has 2 N–H and O–H groups in total. The molecule has 0 bridgehead atoms. The summed E-state index contributed by atoms with van der Waals surface area (Å²) in [7, 11) is 0. The van der Waals surface area contributed by atoms with Crippen molar-refractivity contribution in [2.45, 2.75) is 13.8 Å². The van der Waals surface area contributed by atoms with Crippen LogP contribution in [0, 0.1) is 0 Å². The highest BCUT2D eigenvalue weighted by Crippen LogP contribution is 2.19. The lowest BCUT2D eigenvalue weighted by atomic mass is 10.1. The van der Waals surface area contributed by atoms with Crippen molar-refractivity contribution in [1.82, 2.24) is 9.97 Å². The van der Waals surface area contributed by atoms with Crippen molar-refractivity contribution in [2.75, 3.05) is 17.2 Å². The summed E-state index contributed by atoms with van der Waals surface area (Å²) in [6, 6.07) is 15.7. The molecule has 28 heavy (non-hydrogen) atoms. The van der Waals surface area contributed by atoms with E-state index in [0.717, 1.165) is 11.4 Å². The maximum atomic E-state index is 12.4. The summed E-state index contributed by atoms with van der Waals surface area (Å²) in [5.41, 5.74) is 2.20. The maximum absolute atomic E-state index is 12.4. The summed E-state index contributed by atoms with van der Waals surface area (Å²) < 4.78 is 5.41. The largest absolute Gasteiger partial charge is 0.494 e. The number of hydrogen-bond donors (Lipinski definition) is 2. The molecule has 0 fully saturated rings. The number of anilines is 3. The van der Waals surface area contributed by atoms with Gasteiger partial charge in [-0.05, 0) is 62.4 Å². The summed E-state index contributed by atoms with van der Waals surface area (Å²) in [4.78, 5) is 31.9. The topological polar surface area (TPSA) is 93.2 Å². The van der Waals surface area contributed by atoms with E-state index in [1.54, 1.807) is 30.3 Å². The number of nitrogens with zero attached hydrogens (tertiary/aromatic N) is 2. The number of hydrogen-bond acceptors (Lipinski definition) is 6. The molecule has 0 saturated heterocycles. The lowest BCUT2D eigenvalue weighted by molar-refractivity contribution is 0.101. The zero-order chi connectivity index (χ0) is 19.9. The highest BCUT2D eigenvalue weighted by atomic mass is 16.5. The van der Waals surface area contributed by atoms with Crippen molar-refractivity contribution >= 4 is 28.9 Å². The van der Waals surface area contributed by atoms with Crippen molar-refractivity contribution in [2.24, 2.45) is 0 Å². The molecule has 7 nitrogen and oxygen atoms in total. The van der Waals surface area contributed by atoms with Gasteiger partial charge in [0.15, 0.2) is 5.78 Å². The van der Waals surface area contributed by atoms with E-state index in [0.29, 0.717) is 23.7 Å². The molecule has 1 aromatic heterocycles. The predicted molar refractivity (Wildman–Crippen MR) is 107 cm³/mol. The summed E-state index contributed by atoms with van der Waals surface area (Å²) in [5, 5.41) is 5.88. The Morgan fingerprint density at radius 3 is 2.29 bits per heavy atom. The third-order valence-corrected chi connectivity index (χ3v) is 3.89. The summed E-state index contributed by atoms with van der Waals surface area (Å²) >= 11 is 0. The van der Waals surface area contributed by atoms with Crippen molar-refractivity contribution < 1.29 is 14.3 Å². The van der Waals surface area contributed by atoms with E-state index in [-0.39, 0.29) is 17.4 Å². The third-order valence-electron chi connectivity index (χ3n) is 3.89. The second kappa shape index (κ2) is 8.77. The van der Waals surface area contributed by atoms with Gasteiger partial charge < -0.3 is 15.4 Å². The van der Waals surface area contributed by atoms with Crippen LogP contribution in [0.2, 0.25) is 0 Å². The molecule has 0 radical (unpaired) electrons. The number of carbonyl (C=O) groups excluding carboxylic acids is 2. The lowest BCUT2D eigenvalue weighted by Gasteiger charge is -2.09. The summed E-state index contributed by atoms with van der Waals surface area (Å²) in [5.74, 6) is 0.884. The van der Waals surface area contributed by atoms with Crippen molar-refractivity contribution in [3.05, 3.63) is 72.2 Å². The second-order valence-corrected chi connectivity index (χ2v) is 5.96. The average molecular weight is 376 g/mol. The molecule has 7 heteroatoms. The first kappa shape index (κ1) is 19.0. The second-order valence-electron chi connectivity index (χ2n) is 5.96. The Balaban J connectivity index is 1.67. The minimum Gasteiger partial charge on any atom is -0.494 e. The molecule has 142 valence electrons. The standard InChI is InChI=1S/C21H20N4O3/c1-3-28-18-10-8-16(9-11-18)24-20-12-19(22-13-23-20)21(27)25-17-6-4-15(5-7-17)14(2)26/h4-13H,3H2,1-2H3,(H,25,27)(H,22,23,24). The Hall–Kier alpha value is -3.74. The van der Waals surface area contributed by atoms with Crippen molar-refractivity contribution in [3.63, 3.8) is 0 Å². The number of benzene rings is 2. The van der Waals surface area contributed by atoms with E-state index in [2.05, 4.69) is 20.6 Å². The highest BCUT2D eigenvalue weighted by molar-refractivity contribution is 6.03. The number of rotatable bonds is 7. The Kier molecular flexibility index (Phi) is 5.96. The molecule has 2 aromatic carbocycles. The molecule has 1 heterocycles. The molecule has 0 aliphatic rings. The van der Waals surface area contributed by atoms with E-state index < -0.39 is 0 Å². The normalized spacial score (nSPS) is 10.2. The van der Waals surface area contributed by atoms with Crippen LogP contribution in [0.3, 0.4) is 0 Å². The van der Waals surface area contributed by atoms with Crippen molar-refractivity contribution in [1.29, 1.82) is 0 Å². The van der Waals surface area contributed by atoms with E-state index in [9.17, 15) is 9.59 Å². The lowest BCUT2D eigenvalue weighted by Crippen LogP contribution is -2.14. The quantitative estimate of drug-likeness (QED) is 0.604. The molecule has 0 spiro atoms. The Labute approximate surface area is 162 Å². The van der Waals surface area contributed by atoms with Gasteiger partial charge in [-0.1, -0.05) is 0 Å². The van der Waals surface area contributed by atoms with Crippen LogP contribution in [0.1, 0.15) is 34.7 Å². The number of amides is 1. The Morgan fingerprint density at radius 2 is 1.64 bits per heavy atom. The number of ether oxygens (including phenoxy) is 1. The zero-order valence-electron chi connectivity index (χ0n) is 15.6. The predicted octanol–water partition coefficient (Wildman–Crippen LogP) is 4.07. The van der Waals surface area contributed by atoms with Crippen LogP contribution in [0.4, 0.5) is 17.2 Å². The van der Waals surface area contributed by atoms with Crippen LogP contribution in [-0.2, 0) is 0 Å². The third kappa shape index (κ3) is 4.91. The first-order valence-electron chi connectivity index (χ1n) is 8.79. The van der Waals surface area contributed by atoms with Crippen molar-refractivity contribution in [3.8, 4) is 5.75 Å². The van der Waals surface area contributed by atoms with E-state index >= 15 is 0 Å². The van der Waals surface area contributed by atoms with Gasteiger partial charge in [0.05, 0.1) is 6.61 Å². The fourth-order valence-corrected chi connectivity index (χ4v) is 2.48. The van der Waals surface area contributed by atoms with Crippen LogP contribution in [0.5, 0.6) is 5.75 Å². The molecule has 0 unspecified atom stereocenters. The van der Waals surface area contributed by atoms with Gasteiger partial charge in [0, 0.05) is 23.0 Å². The summed E-state index contributed by atoms with van der Waals surface area (Å²) in [6.07, 6.45) is 1.32. The van der Waals surface area contributed by atoms with Crippen LogP contribution in [0.25, 0.3) is 0 Å². The molecular weight excluding hydrogens is 356 g/mol. The Bertz CT molecular complexity index is 970. The average Bonchev–Trinajstić information content (AvgIpc) is 2.70. The molecule has 3 rings (SSSR count). The minimum atomic E-state index is -0.368. The SMILES string of the molecule is CCOc1ccc(Nc2cc(C(=O)Nc3ccc(C(C)=O)cc3)ncn2)cc1. The van der Waals surface area contributed by atoms with E-state index in [1.807, 2.05) is 31.2 Å². The number of aromatic nitrogens is 2. The van der Waals surface area contributed by atoms with Gasteiger partial charge in [-0.2, -0.15) is 0 Å². The summed E-state index contributed by atoms with van der Waals surface area (Å²) in [6.45, 7) is 4.03. The van der Waals surface area contributed by atoms with Gasteiger partial charge in [0.25, 0.3) is 5.91 Å². The molecule has 0 aliphatic heterocycles.